The topological polar surface area (TPSA) is 71.5 Å². The lowest BCUT2D eigenvalue weighted by Crippen LogP contribution is -2.04. The zero-order valence-corrected chi connectivity index (χ0v) is 13.8. The maximum Gasteiger partial charge on any atom is 0.338 e. The Bertz CT molecular complexity index is 843. The third-order valence-corrected chi connectivity index (χ3v) is 4.05. The Hall–Kier alpha value is -2.86. The number of nitrogens with one attached hydrogen (secondary N) is 1. The van der Waals surface area contributed by atoms with Crippen molar-refractivity contribution in [3.05, 3.63) is 59.5 Å². The van der Waals surface area contributed by atoms with E-state index in [-0.39, 0.29) is 11.7 Å². The van der Waals surface area contributed by atoms with Crippen LogP contribution in [-0.4, -0.2) is 22.7 Å². The van der Waals surface area contributed by atoms with Crippen LogP contribution in [0.4, 0.5) is 10.8 Å². The highest BCUT2D eigenvalue weighted by Crippen LogP contribution is 2.28. The number of aromatic nitrogens is 1. The van der Waals surface area contributed by atoms with Gasteiger partial charge < -0.3 is 15.2 Å². The number of anilines is 2. The molecule has 0 amide bonds. The Labute approximate surface area is 143 Å². The molecule has 0 saturated carbocycles. The minimum atomic E-state index is -0.343. The molecule has 0 aliphatic carbocycles. The molecule has 0 atom stereocenters. The normalized spacial score (nSPS) is 10.4. The number of carbonyl (C=O) groups is 1. The van der Waals surface area contributed by atoms with Gasteiger partial charge in [-0.2, -0.15) is 0 Å². The number of phenols is 1. The molecule has 1 heterocycles. The molecule has 0 saturated heterocycles. The van der Waals surface area contributed by atoms with Crippen molar-refractivity contribution in [2.75, 3.05) is 11.9 Å². The summed E-state index contributed by atoms with van der Waals surface area (Å²) >= 11 is 1.47. The van der Waals surface area contributed by atoms with E-state index in [2.05, 4.69) is 10.3 Å². The number of ether oxygens (including phenoxy) is 1. The van der Waals surface area contributed by atoms with E-state index in [9.17, 15) is 9.90 Å². The highest BCUT2D eigenvalue weighted by molar-refractivity contribution is 7.14. The van der Waals surface area contributed by atoms with Gasteiger partial charge in [0.05, 0.1) is 17.9 Å². The van der Waals surface area contributed by atoms with Crippen molar-refractivity contribution in [3.8, 4) is 17.0 Å². The lowest BCUT2D eigenvalue weighted by molar-refractivity contribution is 0.0526. The zero-order valence-electron chi connectivity index (χ0n) is 13.0. The fourth-order valence-corrected chi connectivity index (χ4v) is 2.90. The monoisotopic (exact) mass is 340 g/mol. The van der Waals surface area contributed by atoms with Crippen molar-refractivity contribution < 1.29 is 14.6 Å². The summed E-state index contributed by atoms with van der Waals surface area (Å²) < 4.78 is 5.00. The number of benzene rings is 2. The smallest absolute Gasteiger partial charge is 0.338 e. The van der Waals surface area contributed by atoms with Crippen molar-refractivity contribution in [2.45, 2.75) is 6.92 Å². The van der Waals surface area contributed by atoms with Crippen LogP contribution in [0.1, 0.15) is 17.3 Å². The average molecular weight is 340 g/mol. The van der Waals surface area contributed by atoms with Crippen LogP contribution < -0.4 is 5.32 Å². The molecular formula is C18H16N2O3S. The second-order valence-electron chi connectivity index (χ2n) is 5.01. The highest BCUT2D eigenvalue weighted by Gasteiger charge is 2.09. The summed E-state index contributed by atoms with van der Waals surface area (Å²) in [6, 6.07) is 14.0. The Morgan fingerprint density at radius 2 is 2.04 bits per heavy atom. The fourth-order valence-electron chi connectivity index (χ4n) is 2.16. The molecule has 0 aliphatic rings. The highest BCUT2D eigenvalue weighted by atomic mass is 32.1. The van der Waals surface area contributed by atoms with Gasteiger partial charge >= 0.3 is 5.97 Å². The van der Waals surface area contributed by atoms with Gasteiger partial charge in [-0.15, -0.1) is 11.3 Å². The molecule has 0 fully saturated rings. The van der Waals surface area contributed by atoms with E-state index in [1.54, 1.807) is 37.3 Å². The van der Waals surface area contributed by atoms with Gasteiger partial charge in [0.15, 0.2) is 5.13 Å². The van der Waals surface area contributed by atoms with Crippen LogP contribution in [0.2, 0.25) is 0 Å². The fraction of sp³-hybridized carbons (Fsp3) is 0.111. The summed E-state index contributed by atoms with van der Waals surface area (Å²) in [7, 11) is 0. The zero-order chi connectivity index (χ0) is 16.9. The molecule has 2 aromatic carbocycles. The predicted molar refractivity (Wildman–Crippen MR) is 94.9 cm³/mol. The number of rotatable bonds is 5. The summed E-state index contributed by atoms with van der Waals surface area (Å²) in [6.45, 7) is 2.12. The van der Waals surface area contributed by atoms with Gasteiger partial charge in [-0.1, -0.05) is 6.07 Å². The van der Waals surface area contributed by atoms with Crippen LogP contribution in [-0.2, 0) is 4.74 Å². The molecule has 1 aromatic heterocycles. The minimum absolute atomic E-state index is 0.225. The first-order valence-corrected chi connectivity index (χ1v) is 8.33. The number of nitrogens with zero attached hydrogens (tertiary/aromatic N) is 1. The van der Waals surface area contributed by atoms with Gasteiger partial charge in [0.1, 0.15) is 5.75 Å². The lowest BCUT2D eigenvalue weighted by Gasteiger charge is -2.05. The van der Waals surface area contributed by atoms with Crippen molar-refractivity contribution in [3.63, 3.8) is 0 Å². The molecule has 0 bridgehead atoms. The second-order valence-corrected chi connectivity index (χ2v) is 5.87. The van der Waals surface area contributed by atoms with Crippen LogP contribution in [0, 0.1) is 0 Å². The quantitative estimate of drug-likeness (QED) is 0.672. The van der Waals surface area contributed by atoms with Crippen molar-refractivity contribution in [1.82, 2.24) is 4.98 Å². The molecule has 3 rings (SSSR count). The number of phenolic OH excluding ortho intramolecular Hbond substituents is 1. The summed E-state index contributed by atoms with van der Waals surface area (Å²) in [4.78, 5) is 16.3. The molecule has 2 N–H and O–H groups in total. The molecule has 0 aliphatic heterocycles. The number of carbonyl (C=O) groups excluding carboxylic acids is 1. The van der Waals surface area contributed by atoms with E-state index in [0.717, 1.165) is 22.1 Å². The Kier molecular flexibility index (Phi) is 4.77. The molecule has 5 nitrogen and oxygen atoms in total. The molecule has 122 valence electrons. The molecule has 3 aromatic rings. The molecule has 0 unspecified atom stereocenters. The van der Waals surface area contributed by atoms with Gasteiger partial charge in [0.25, 0.3) is 0 Å². The first-order chi connectivity index (χ1) is 11.7. The van der Waals surface area contributed by atoms with E-state index in [1.807, 2.05) is 23.6 Å². The Morgan fingerprint density at radius 1 is 1.25 bits per heavy atom. The third kappa shape index (κ3) is 3.72. The number of aromatic hydroxyl groups is 1. The van der Waals surface area contributed by atoms with Crippen molar-refractivity contribution >= 4 is 28.1 Å². The maximum absolute atomic E-state index is 11.8. The van der Waals surface area contributed by atoms with E-state index < -0.39 is 0 Å². The summed E-state index contributed by atoms with van der Waals surface area (Å²) in [6.07, 6.45) is 0. The van der Waals surface area contributed by atoms with Crippen LogP contribution in [0.15, 0.2) is 53.9 Å². The SMILES string of the molecule is CCOC(=O)c1cccc(Nc2nc(-c3ccc(O)cc3)cs2)c1. The number of thiazole rings is 1. The summed E-state index contributed by atoms with van der Waals surface area (Å²) in [5, 5.41) is 15.2. The first kappa shape index (κ1) is 16.0. The largest absolute Gasteiger partial charge is 0.508 e. The molecular weight excluding hydrogens is 324 g/mol. The van der Waals surface area contributed by atoms with Crippen LogP contribution >= 0.6 is 11.3 Å². The third-order valence-electron chi connectivity index (χ3n) is 3.29. The van der Waals surface area contributed by atoms with E-state index in [4.69, 9.17) is 4.74 Å². The standard InChI is InChI=1S/C18H16N2O3S/c1-2-23-17(22)13-4-3-5-14(10-13)19-18-20-16(11-24-18)12-6-8-15(21)9-7-12/h3-11,21H,2H2,1H3,(H,19,20). The van der Waals surface area contributed by atoms with Crippen LogP contribution in [0.3, 0.4) is 0 Å². The number of hydrogen-bond acceptors (Lipinski definition) is 6. The lowest BCUT2D eigenvalue weighted by atomic mass is 10.2. The van der Waals surface area contributed by atoms with Crippen LogP contribution in [0.5, 0.6) is 5.75 Å². The van der Waals surface area contributed by atoms with Crippen molar-refractivity contribution in [2.24, 2.45) is 0 Å². The number of esters is 1. The van der Waals surface area contributed by atoms with Crippen LogP contribution in [0.25, 0.3) is 11.3 Å². The predicted octanol–water partition coefficient (Wildman–Crippen LogP) is 4.44. The Morgan fingerprint density at radius 3 is 2.79 bits per heavy atom. The summed E-state index contributed by atoms with van der Waals surface area (Å²) in [5.41, 5.74) is 3.02. The first-order valence-electron chi connectivity index (χ1n) is 7.45. The van der Waals surface area contributed by atoms with E-state index in [0.29, 0.717) is 12.2 Å². The summed E-state index contributed by atoms with van der Waals surface area (Å²) in [5.74, 6) is -0.117. The maximum atomic E-state index is 11.8. The van der Waals surface area contributed by atoms with E-state index in [1.165, 1.54) is 11.3 Å². The molecule has 0 spiro atoms. The second kappa shape index (κ2) is 7.14. The van der Waals surface area contributed by atoms with Gasteiger partial charge in [0, 0.05) is 16.6 Å². The van der Waals surface area contributed by atoms with Crippen molar-refractivity contribution in [1.29, 1.82) is 0 Å². The van der Waals surface area contributed by atoms with Gasteiger partial charge in [-0.3, -0.25) is 0 Å². The van der Waals surface area contributed by atoms with Gasteiger partial charge in [-0.05, 0) is 49.4 Å². The molecule has 6 heteroatoms. The molecule has 0 radical (unpaired) electrons. The van der Waals surface area contributed by atoms with E-state index >= 15 is 0 Å². The number of hydrogen-bond donors (Lipinski definition) is 2. The molecule has 24 heavy (non-hydrogen) atoms. The minimum Gasteiger partial charge on any atom is -0.508 e. The Balaban J connectivity index is 1.76. The van der Waals surface area contributed by atoms with Gasteiger partial charge in [-0.25, -0.2) is 9.78 Å². The average Bonchev–Trinajstić information content (AvgIpc) is 3.04. The van der Waals surface area contributed by atoms with Gasteiger partial charge in [0.2, 0.25) is 0 Å².